The number of pyridine rings is 1. The topological polar surface area (TPSA) is 39.9 Å². The van der Waals surface area contributed by atoms with Gasteiger partial charge in [-0.1, -0.05) is 29.8 Å². The molecule has 0 N–H and O–H groups in total. The highest BCUT2D eigenvalue weighted by Crippen LogP contribution is 2.19. The fourth-order valence-corrected chi connectivity index (χ4v) is 2.25. The first-order valence-corrected chi connectivity index (χ1v) is 6.76. The van der Waals surface area contributed by atoms with E-state index in [1.807, 2.05) is 31.3 Å². The molecule has 1 aromatic carbocycles. The van der Waals surface area contributed by atoms with E-state index in [0.717, 1.165) is 18.5 Å². The van der Waals surface area contributed by atoms with Crippen molar-refractivity contribution >= 4 is 0 Å². The number of hydrogen-bond acceptors (Lipinski definition) is 3. The van der Waals surface area contributed by atoms with Crippen LogP contribution in [0.2, 0.25) is 0 Å². The van der Waals surface area contributed by atoms with Crippen LogP contribution >= 0.6 is 0 Å². The van der Waals surface area contributed by atoms with Crippen molar-refractivity contribution in [3.05, 3.63) is 65.5 Å². The van der Waals surface area contributed by atoms with E-state index < -0.39 is 0 Å². The Morgan fingerprint density at radius 3 is 2.65 bits per heavy atom. The van der Waals surface area contributed by atoms with Gasteiger partial charge in [0.15, 0.2) is 0 Å². The summed E-state index contributed by atoms with van der Waals surface area (Å²) in [5.74, 6) is 0. The van der Waals surface area contributed by atoms with Gasteiger partial charge in [-0.3, -0.25) is 9.88 Å². The van der Waals surface area contributed by atoms with Gasteiger partial charge in [0.2, 0.25) is 0 Å². The van der Waals surface area contributed by atoms with Crippen molar-refractivity contribution in [1.82, 2.24) is 9.88 Å². The molecule has 1 unspecified atom stereocenters. The second-order valence-corrected chi connectivity index (χ2v) is 5.03. The van der Waals surface area contributed by atoms with E-state index in [9.17, 15) is 5.26 Å². The molecule has 3 heteroatoms. The van der Waals surface area contributed by atoms with Crippen LogP contribution in [0.15, 0.2) is 48.8 Å². The zero-order valence-electron chi connectivity index (χ0n) is 12.0. The van der Waals surface area contributed by atoms with Crippen molar-refractivity contribution in [2.75, 3.05) is 13.6 Å². The fourth-order valence-electron chi connectivity index (χ4n) is 2.25. The van der Waals surface area contributed by atoms with Crippen LogP contribution in [0.5, 0.6) is 0 Å². The Bertz CT molecular complexity index is 587. The molecule has 2 aromatic rings. The maximum absolute atomic E-state index is 9.44. The summed E-state index contributed by atoms with van der Waals surface area (Å²) >= 11 is 0. The Labute approximate surface area is 120 Å². The van der Waals surface area contributed by atoms with Crippen molar-refractivity contribution in [3.63, 3.8) is 0 Å². The molecule has 20 heavy (non-hydrogen) atoms. The van der Waals surface area contributed by atoms with E-state index in [4.69, 9.17) is 0 Å². The molecule has 0 saturated heterocycles. The Morgan fingerprint density at radius 1 is 1.25 bits per heavy atom. The predicted molar refractivity (Wildman–Crippen MR) is 80.1 cm³/mol. The molecule has 0 saturated carbocycles. The average molecular weight is 265 g/mol. The van der Waals surface area contributed by atoms with Gasteiger partial charge in [0.05, 0.1) is 6.07 Å². The second-order valence-electron chi connectivity index (χ2n) is 5.03. The van der Waals surface area contributed by atoms with Gasteiger partial charge < -0.3 is 0 Å². The van der Waals surface area contributed by atoms with Gasteiger partial charge in [-0.15, -0.1) is 0 Å². The Hall–Kier alpha value is -2.18. The van der Waals surface area contributed by atoms with Gasteiger partial charge in [-0.05, 0) is 43.7 Å². The van der Waals surface area contributed by atoms with Gasteiger partial charge in [-0.25, -0.2) is 0 Å². The van der Waals surface area contributed by atoms with Crippen LogP contribution in [0.1, 0.15) is 22.7 Å². The van der Waals surface area contributed by atoms with E-state index in [1.165, 1.54) is 11.1 Å². The number of nitrogens with zero attached hydrogens (tertiary/aromatic N) is 3. The fraction of sp³-hybridized carbons (Fsp3) is 0.294. The van der Waals surface area contributed by atoms with E-state index >= 15 is 0 Å². The normalized spacial score (nSPS) is 12.1. The largest absolute Gasteiger partial charge is 0.287 e. The number of likely N-dealkylation sites (N-methyl/N-ethyl adjacent to an activating group) is 1. The molecule has 0 bridgehead atoms. The van der Waals surface area contributed by atoms with E-state index in [-0.39, 0.29) is 6.04 Å². The van der Waals surface area contributed by atoms with E-state index in [2.05, 4.69) is 35.0 Å². The molecular formula is C17H19N3. The number of aryl methyl sites for hydroxylation is 1. The lowest BCUT2D eigenvalue weighted by Crippen LogP contribution is -2.26. The van der Waals surface area contributed by atoms with Gasteiger partial charge >= 0.3 is 0 Å². The lowest BCUT2D eigenvalue weighted by atomic mass is 10.0. The third-order valence-corrected chi connectivity index (χ3v) is 3.42. The molecule has 0 fully saturated rings. The molecule has 0 radical (unpaired) electrons. The maximum Gasteiger partial charge on any atom is 0.123 e. The minimum absolute atomic E-state index is 0.197. The highest BCUT2D eigenvalue weighted by Gasteiger charge is 2.16. The van der Waals surface area contributed by atoms with Crippen molar-refractivity contribution in [1.29, 1.82) is 5.26 Å². The maximum atomic E-state index is 9.44. The summed E-state index contributed by atoms with van der Waals surface area (Å²) < 4.78 is 0. The van der Waals surface area contributed by atoms with E-state index in [0.29, 0.717) is 0 Å². The van der Waals surface area contributed by atoms with Crippen LogP contribution in [0.3, 0.4) is 0 Å². The number of benzene rings is 1. The Balaban J connectivity index is 2.03. The molecule has 102 valence electrons. The minimum Gasteiger partial charge on any atom is -0.287 e. The smallest absolute Gasteiger partial charge is 0.123 e. The summed E-state index contributed by atoms with van der Waals surface area (Å²) in [5, 5.41) is 9.44. The van der Waals surface area contributed by atoms with Gasteiger partial charge in [-0.2, -0.15) is 5.26 Å². The minimum atomic E-state index is -0.197. The van der Waals surface area contributed by atoms with Crippen LogP contribution in [0, 0.1) is 18.3 Å². The quantitative estimate of drug-likeness (QED) is 0.834. The van der Waals surface area contributed by atoms with Crippen LogP contribution in [-0.2, 0) is 6.42 Å². The highest BCUT2D eigenvalue weighted by molar-refractivity contribution is 5.28. The molecule has 1 heterocycles. The molecule has 0 aliphatic carbocycles. The summed E-state index contributed by atoms with van der Waals surface area (Å²) in [6, 6.07) is 14.4. The zero-order valence-corrected chi connectivity index (χ0v) is 12.0. The number of nitriles is 1. The Kier molecular flexibility index (Phi) is 4.86. The second kappa shape index (κ2) is 6.83. The molecular weight excluding hydrogens is 246 g/mol. The SMILES string of the molecule is Cc1cccc(C(C#N)N(C)CCc2ccncc2)c1. The van der Waals surface area contributed by atoms with Crippen LogP contribution in [-0.4, -0.2) is 23.5 Å². The first-order chi connectivity index (χ1) is 9.70. The van der Waals surface area contributed by atoms with Crippen LogP contribution < -0.4 is 0 Å². The number of hydrogen-bond donors (Lipinski definition) is 0. The van der Waals surface area contributed by atoms with Gasteiger partial charge in [0.1, 0.15) is 6.04 Å². The number of rotatable bonds is 5. The monoisotopic (exact) mass is 265 g/mol. The molecule has 3 nitrogen and oxygen atoms in total. The van der Waals surface area contributed by atoms with Crippen molar-refractivity contribution < 1.29 is 0 Å². The molecule has 0 amide bonds. The lowest BCUT2D eigenvalue weighted by molar-refractivity contribution is 0.295. The van der Waals surface area contributed by atoms with Gasteiger partial charge in [0, 0.05) is 18.9 Å². The third kappa shape index (κ3) is 3.66. The summed E-state index contributed by atoms with van der Waals surface area (Å²) in [5.41, 5.74) is 3.49. The summed E-state index contributed by atoms with van der Waals surface area (Å²) in [7, 11) is 2.00. The van der Waals surface area contributed by atoms with Crippen molar-refractivity contribution in [3.8, 4) is 6.07 Å². The van der Waals surface area contributed by atoms with Crippen molar-refractivity contribution in [2.24, 2.45) is 0 Å². The van der Waals surface area contributed by atoms with Crippen molar-refractivity contribution in [2.45, 2.75) is 19.4 Å². The summed E-state index contributed by atoms with van der Waals surface area (Å²) in [4.78, 5) is 6.11. The molecule has 0 aliphatic heterocycles. The molecule has 2 rings (SSSR count). The average Bonchev–Trinajstić information content (AvgIpc) is 2.47. The summed E-state index contributed by atoms with van der Waals surface area (Å²) in [6.45, 7) is 2.89. The Morgan fingerprint density at radius 2 is 2.00 bits per heavy atom. The summed E-state index contributed by atoms with van der Waals surface area (Å²) in [6.07, 6.45) is 4.53. The molecule has 0 aliphatic rings. The number of aromatic nitrogens is 1. The van der Waals surface area contributed by atoms with E-state index in [1.54, 1.807) is 12.4 Å². The van der Waals surface area contributed by atoms with Gasteiger partial charge in [0.25, 0.3) is 0 Å². The first-order valence-electron chi connectivity index (χ1n) is 6.76. The molecule has 1 atom stereocenters. The predicted octanol–water partition coefficient (Wildman–Crippen LogP) is 3.13. The highest BCUT2D eigenvalue weighted by atomic mass is 15.1. The third-order valence-electron chi connectivity index (χ3n) is 3.42. The lowest BCUT2D eigenvalue weighted by Gasteiger charge is -2.23. The molecule has 0 spiro atoms. The van der Waals surface area contributed by atoms with Crippen LogP contribution in [0.25, 0.3) is 0 Å². The van der Waals surface area contributed by atoms with Crippen LogP contribution in [0.4, 0.5) is 0 Å². The standard InChI is InChI=1S/C17H19N3/c1-14-4-3-5-16(12-14)17(13-18)20(2)11-8-15-6-9-19-10-7-15/h3-7,9-10,12,17H,8,11H2,1-2H3. The zero-order chi connectivity index (χ0) is 14.4. The first kappa shape index (κ1) is 14.2. The molecule has 1 aromatic heterocycles.